The number of amides is 1. The molecule has 0 spiro atoms. The van der Waals surface area contributed by atoms with Crippen LogP contribution in [0.4, 0.5) is 0 Å². The van der Waals surface area contributed by atoms with E-state index in [1.54, 1.807) is 10.9 Å². The minimum absolute atomic E-state index is 0.0356. The zero-order chi connectivity index (χ0) is 15.4. The number of nitrogens with zero attached hydrogens (tertiary/aromatic N) is 4. The van der Waals surface area contributed by atoms with Crippen molar-refractivity contribution in [2.75, 3.05) is 6.54 Å². The van der Waals surface area contributed by atoms with Crippen molar-refractivity contribution >= 4 is 37.8 Å². The molecular formula is C13H17Br2N5O. The van der Waals surface area contributed by atoms with Crippen molar-refractivity contribution in [3.05, 3.63) is 32.7 Å². The first-order chi connectivity index (χ1) is 9.97. The van der Waals surface area contributed by atoms with Gasteiger partial charge in [-0.05, 0) is 52.1 Å². The van der Waals surface area contributed by atoms with Gasteiger partial charge in [0.05, 0.1) is 26.5 Å². The quantitative estimate of drug-likeness (QED) is 0.732. The van der Waals surface area contributed by atoms with Crippen molar-refractivity contribution in [3.8, 4) is 0 Å². The monoisotopic (exact) mass is 417 g/mol. The van der Waals surface area contributed by atoms with Gasteiger partial charge < -0.3 is 5.32 Å². The fourth-order valence-electron chi connectivity index (χ4n) is 1.85. The van der Waals surface area contributed by atoms with Crippen molar-refractivity contribution in [1.82, 2.24) is 24.9 Å². The molecule has 2 aromatic heterocycles. The first-order valence-corrected chi connectivity index (χ1v) is 8.20. The van der Waals surface area contributed by atoms with Gasteiger partial charge in [0.1, 0.15) is 6.54 Å². The van der Waals surface area contributed by atoms with E-state index in [-0.39, 0.29) is 12.5 Å². The van der Waals surface area contributed by atoms with Crippen molar-refractivity contribution in [3.63, 3.8) is 0 Å². The molecule has 0 aliphatic heterocycles. The van der Waals surface area contributed by atoms with Gasteiger partial charge >= 0.3 is 0 Å². The lowest BCUT2D eigenvalue weighted by molar-refractivity contribution is -0.121. The number of aromatic nitrogens is 4. The molecule has 0 unspecified atom stereocenters. The van der Waals surface area contributed by atoms with E-state index < -0.39 is 0 Å². The largest absolute Gasteiger partial charge is 0.354 e. The first kappa shape index (κ1) is 16.2. The van der Waals surface area contributed by atoms with Crippen LogP contribution >= 0.6 is 31.9 Å². The van der Waals surface area contributed by atoms with Gasteiger partial charge in [-0.3, -0.25) is 14.2 Å². The second kappa shape index (κ2) is 7.22. The molecular weight excluding hydrogens is 402 g/mol. The highest BCUT2D eigenvalue weighted by atomic mass is 79.9. The van der Waals surface area contributed by atoms with Crippen LogP contribution in [-0.4, -0.2) is 32.0 Å². The molecule has 0 aliphatic rings. The van der Waals surface area contributed by atoms with Gasteiger partial charge in [0.2, 0.25) is 5.91 Å². The Balaban J connectivity index is 1.71. The minimum Gasteiger partial charge on any atom is -0.354 e. The number of halogens is 2. The molecule has 114 valence electrons. The fraction of sp³-hybridized carbons (Fsp3) is 0.462. The molecule has 0 radical (unpaired) electrons. The van der Waals surface area contributed by atoms with E-state index >= 15 is 0 Å². The maximum Gasteiger partial charge on any atom is 0.241 e. The Hall–Kier alpha value is -1.15. The van der Waals surface area contributed by atoms with Gasteiger partial charge in [-0.2, -0.15) is 10.2 Å². The van der Waals surface area contributed by atoms with Crippen molar-refractivity contribution in [2.45, 2.75) is 33.4 Å². The molecule has 21 heavy (non-hydrogen) atoms. The molecule has 8 heteroatoms. The summed E-state index contributed by atoms with van der Waals surface area (Å²) in [5.41, 5.74) is 1.92. The summed E-state index contributed by atoms with van der Waals surface area (Å²) in [7, 11) is 0. The highest BCUT2D eigenvalue weighted by Crippen LogP contribution is 2.14. The number of carbonyl (C=O) groups is 1. The van der Waals surface area contributed by atoms with Crippen LogP contribution in [0.5, 0.6) is 0 Å². The summed E-state index contributed by atoms with van der Waals surface area (Å²) >= 11 is 6.80. The summed E-state index contributed by atoms with van der Waals surface area (Å²) in [6.07, 6.45) is 4.48. The molecule has 0 aliphatic carbocycles. The Morgan fingerprint density at radius 2 is 2.10 bits per heavy atom. The first-order valence-electron chi connectivity index (χ1n) is 6.61. The fourth-order valence-corrected chi connectivity index (χ4v) is 2.46. The summed E-state index contributed by atoms with van der Waals surface area (Å²) in [6, 6.07) is 0. The van der Waals surface area contributed by atoms with Crippen molar-refractivity contribution in [1.29, 1.82) is 0 Å². The van der Waals surface area contributed by atoms with Gasteiger partial charge in [-0.15, -0.1) is 0 Å². The highest BCUT2D eigenvalue weighted by molar-refractivity contribution is 9.10. The molecule has 0 saturated heterocycles. The van der Waals surface area contributed by atoms with E-state index in [0.29, 0.717) is 6.54 Å². The number of aryl methyl sites for hydroxylation is 2. The Morgan fingerprint density at radius 1 is 1.33 bits per heavy atom. The molecule has 0 saturated carbocycles. The Morgan fingerprint density at radius 3 is 2.67 bits per heavy atom. The lowest BCUT2D eigenvalue weighted by Crippen LogP contribution is -2.29. The molecule has 2 heterocycles. The zero-order valence-electron chi connectivity index (χ0n) is 11.9. The van der Waals surface area contributed by atoms with Gasteiger partial charge in [0.25, 0.3) is 0 Å². The second-order valence-corrected chi connectivity index (χ2v) is 6.47. The van der Waals surface area contributed by atoms with Gasteiger partial charge in [0, 0.05) is 19.3 Å². The molecule has 0 bridgehead atoms. The van der Waals surface area contributed by atoms with E-state index in [4.69, 9.17) is 0 Å². The number of hydrogen-bond donors (Lipinski definition) is 1. The van der Waals surface area contributed by atoms with E-state index in [1.165, 1.54) is 0 Å². The molecule has 0 atom stereocenters. The van der Waals surface area contributed by atoms with Gasteiger partial charge in [-0.1, -0.05) is 0 Å². The Kier molecular flexibility index (Phi) is 5.58. The molecule has 1 N–H and O–H groups in total. The van der Waals surface area contributed by atoms with Crippen LogP contribution in [0.25, 0.3) is 0 Å². The van der Waals surface area contributed by atoms with Crippen LogP contribution in [0.3, 0.4) is 0 Å². The lowest BCUT2D eigenvalue weighted by atomic mass is 10.4. The molecule has 1 amide bonds. The van der Waals surface area contributed by atoms with E-state index in [9.17, 15) is 4.79 Å². The average Bonchev–Trinajstić information content (AvgIpc) is 2.92. The van der Waals surface area contributed by atoms with Crippen LogP contribution in [0.2, 0.25) is 0 Å². The van der Waals surface area contributed by atoms with Crippen LogP contribution in [0.1, 0.15) is 17.8 Å². The predicted octanol–water partition coefficient (Wildman–Crippen LogP) is 2.43. The molecule has 2 aromatic rings. The lowest BCUT2D eigenvalue weighted by Gasteiger charge is -2.07. The molecule has 2 rings (SSSR count). The van der Waals surface area contributed by atoms with E-state index in [0.717, 1.165) is 33.3 Å². The summed E-state index contributed by atoms with van der Waals surface area (Å²) in [4.78, 5) is 11.8. The maximum absolute atomic E-state index is 11.8. The summed E-state index contributed by atoms with van der Waals surface area (Å²) in [5.74, 6) is -0.0356. The Bertz CT molecular complexity index is 615. The van der Waals surface area contributed by atoms with E-state index in [1.807, 2.05) is 24.7 Å². The third kappa shape index (κ3) is 4.41. The smallest absolute Gasteiger partial charge is 0.241 e. The molecule has 0 fully saturated rings. The summed E-state index contributed by atoms with van der Waals surface area (Å²) in [5, 5.41) is 11.4. The minimum atomic E-state index is -0.0356. The standard InChI is InChI=1S/C13H17Br2N5O/c1-9-12(15)7-19(18-9)5-3-4-16-13(21)8-20-10(2)11(14)6-17-20/h6-7H,3-5,8H2,1-2H3,(H,16,21). The van der Waals surface area contributed by atoms with Crippen LogP contribution in [0, 0.1) is 13.8 Å². The van der Waals surface area contributed by atoms with E-state index in [2.05, 4.69) is 47.4 Å². The van der Waals surface area contributed by atoms with Crippen LogP contribution in [-0.2, 0) is 17.9 Å². The van der Waals surface area contributed by atoms with Crippen molar-refractivity contribution < 1.29 is 4.79 Å². The third-order valence-corrected chi connectivity index (χ3v) is 4.67. The summed E-state index contributed by atoms with van der Waals surface area (Å²) in [6.45, 7) is 5.51. The number of nitrogens with one attached hydrogen (secondary N) is 1. The van der Waals surface area contributed by atoms with Gasteiger partial charge in [-0.25, -0.2) is 0 Å². The maximum atomic E-state index is 11.8. The topological polar surface area (TPSA) is 64.7 Å². The van der Waals surface area contributed by atoms with Crippen LogP contribution < -0.4 is 5.32 Å². The van der Waals surface area contributed by atoms with Crippen LogP contribution in [0.15, 0.2) is 21.3 Å². The normalized spacial score (nSPS) is 10.9. The number of rotatable bonds is 6. The van der Waals surface area contributed by atoms with Crippen molar-refractivity contribution in [2.24, 2.45) is 0 Å². The molecule has 0 aromatic carbocycles. The Labute approximate surface area is 140 Å². The zero-order valence-corrected chi connectivity index (χ0v) is 15.1. The molecule has 6 nitrogen and oxygen atoms in total. The third-order valence-electron chi connectivity index (χ3n) is 3.11. The number of hydrogen-bond acceptors (Lipinski definition) is 3. The number of carbonyl (C=O) groups excluding carboxylic acids is 1. The average molecular weight is 419 g/mol. The predicted molar refractivity (Wildman–Crippen MR) is 87.0 cm³/mol. The summed E-state index contributed by atoms with van der Waals surface area (Å²) < 4.78 is 5.47. The highest BCUT2D eigenvalue weighted by Gasteiger charge is 2.08. The SMILES string of the molecule is Cc1nn(CCCNC(=O)Cn2ncc(Br)c2C)cc1Br. The van der Waals surface area contributed by atoms with Gasteiger partial charge in [0.15, 0.2) is 0 Å². The second-order valence-electron chi connectivity index (χ2n) is 4.76.